The van der Waals surface area contributed by atoms with Crippen LogP contribution in [0.25, 0.3) is 0 Å². The largest absolute Gasteiger partial charge is 2.00 e. The first-order valence-corrected chi connectivity index (χ1v) is 0. The zero-order valence-electron chi connectivity index (χ0n) is 5.21. The molecule has 0 aliphatic rings. The summed E-state index contributed by atoms with van der Waals surface area (Å²) >= 11 is 0. The minimum atomic E-state index is 0. The maximum atomic E-state index is 0. The van der Waals surface area contributed by atoms with Crippen LogP contribution in [0.2, 0.25) is 0 Å². The van der Waals surface area contributed by atoms with Crippen LogP contribution in [0.15, 0.2) is 0 Å². The monoisotopic (exact) mass is 104 g/mol. The van der Waals surface area contributed by atoms with Crippen LogP contribution in [0, 0.1) is 0 Å². The van der Waals surface area contributed by atoms with E-state index < -0.39 is 0 Å². The fourth-order valence-corrected chi connectivity index (χ4v) is 0. The normalized spacial score (nSPS) is 0. The van der Waals surface area contributed by atoms with Gasteiger partial charge in [-0.25, -0.2) is 0 Å². The molecule has 0 spiro atoms. The number of rotatable bonds is 0. The molecule has 24 valence electrons. The predicted molar refractivity (Wildman–Crippen MR) is 30.1 cm³/mol. The van der Waals surface area contributed by atoms with E-state index in [1.807, 2.05) is 0 Å². The van der Waals surface area contributed by atoms with Gasteiger partial charge in [-0.1, -0.05) is 0 Å². The number of hydrogen-bond donors (Lipinski definition) is 0. The van der Waals surface area contributed by atoms with Crippen molar-refractivity contribution in [2.24, 2.45) is 0 Å². The molecule has 0 rings (SSSR count). The van der Waals surface area contributed by atoms with Gasteiger partial charge in [0.05, 0.1) is 0 Å². The van der Waals surface area contributed by atoms with Gasteiger partial charge in [-0.3, -0.25) is 0 Å². The van der Waals surface area contributed by atoms with Crippen LogP contribution >= 0.6 is 0 Å². The second-order valence-corrected chi connectivity index (χ2v) is 0. The van der Waals surface area contributed by atoms with Gasteiger partial charge in [0.2, 0.25) is 0 Å². The minimum Gasteiger partial charge on any atom is -1.00 e. The van der Waals surface area contributed by atoms with E-state index in [-0.39, 0.29) is 59.7 Å². The van der Waals surface area contributed by atoms with E-state index in [2.05, 4.69) is 0 Å². The standard InChI is InChI=1S/Al.Mg.H2O.H3Si.4H/h;;1H2;1H3;;;;/q;+2;;;;;2*-1. The van der Waals surface area contributed by atoms with Gasteiger partial charge in [-0.15, -0.1) is 0 Å². The van der Waals surface area contributed by atoms with Crippen molar-refractivity contribution in [3.05, 3.63) is 0 Å². The Kier molecular flexibility index (Phi) is 313. The Morgan fingerprint density at radius 3 is 1.25 bits per heavy atom. The zero-order valence-corrected chi connectivity index (χ0v) is 8.62. The smallest absolute Gasteiger partial charge is 1.00 e. The van der Waals surface area contributed by atoms with E-state index >= 15 is 0 Å². The Balaban J connectivity index is 0. The first-order valence-electron chi connectivity index (χ1n) is 0. The summed E-state index contributed by atoms with van der Waals surface area (Å²) < 4.78 is 0. The molecule has 0 aromatic carbocycles. The maximum absolute atomic E-state index is 0. The molecule has 0 atom stereocenters. The molecular weight excluding hydrogens is 95.4 g/mol. The molecule has 0 saturated carbocycles. The Labute approximate surface area is 59.7 Å². The molecule has 4 heavy (non-hydrogen) atoms. The van der Waals surface area contributed by atoms with Gasteiger partial charge in [0, 0.05) is 0 Å². The third kappa shape index (κ3) is 9.78. The van der Waals surface area contributed by atoms with Gasteiger partial charge >= 0.3 is 23.1 Å². The molecule has 4 heteroatoms. The molecule has 0 aromatic rings. The Morgan fingerprint density at radius 1 is 1.25 bits per heavy atom. The quantitative estimate of drug-likeness (QED) is 0.292. The Morgan fingerprint density at radius 2 is 1.25 bits per heavy atom. The van der Waals surface area contributed by atoms with E-state index in [1.165, 1.54) is 0 Å². The second-order valence-electron chi connectivity index (χ2n) is 0. The van der Waals surface area contributed by atoms with Crippen molar-refractivity contribution in [3.8, 4) is 0 Å². The first-order chi connectivity index (χ1) is 0. The van der Waals surface area contributed by atoms with Crippen LogP contribution in [-0.2, 0) is 0 Å². The average Bonchev–Trinajstić information content (AvgIpc) is 0. The van der Waals surface area contributed by atoms with Gasteiger partial charge in [0.1, 0.15) is 17.4 Å². The van der Waals surface area contributed by atoms with Gasteiger partial charge in [-0.2, -0.15) is 0 Å². The SMILES string of the molecule is O.[AlH2].[H-].[H-].[Mg+2].[SiH3]. The summed E-state index contributed by atoms with van der Waals surface area (Å²) in [6.45, 7) is 0. The molecule has 0 saturated heterocycles. The molecule has 2 N–H and O–H groups in total. The molecular formula is H9AlMgOSi. The summed E-state index contributed by atoms with van der Waals surface area (Å²) in [6, 6.07) is 0. The summed E-state index contributed by atoms with van der Waals surface area (Å²) in [5.74, 6) is 0. The molecule has 2 radical (unpaired) electrons. The minimum absolute atomic E-state index is 0. The molecule has 0 bridgehead atoms. The first kappa shape index (κ1) is 50.4. The fourth-order valence-electron chi connectivity index (χ4n) is 0. The molecule has 0 unspecified atom stereocenters. The van der Waals surface area contributed by atoms with Crippen molar-refractivity contribution in [1.82, 2.24) is 0 Å². The number of hydrogen-bond acceptors (Lipinski definition) is 0. The maximum Gasteiger partial charge on any atom is 2.00 e. The van der Waals surface area contributed by atoms with Crippen LogP contribution in [0.1, 0.15) is 2.85 Å². The molecule has 0 fully saturated rings. The summed E-state index contributed by atoms with van der Waals surface area (Å²) in [7, 11) is 0. The fraction of sp³-hybridized carbons (Fsp3) is 0. The Hall–Kier alpha value is 1.48. The van der Waals surface area contributed by atoms with Gasteiger partial charge in [0.15, 0.2) is 0 Å². The third-order valence-corrected chi connectivity index (χ3v) is 0. The van der Waals surface area contributed by atoms with Gasteiger partial charge < -0.3 is 8.33 Å². The predicted octanol–water partition coefficient (Wildman–Crippen LogP) is -3.08. The van der Waals surface area contributed by atoms with E-state index in [9.17, 15) is 0 Å². The van der Waals surface area contributed by atoms with Gasteiger partial charge in [0.25, 0.3) is 0 Å². The molecule has 0 heterocycles. The van der Waals surface area contributed by atoms with Crippen LogP contribution in [0.3, 0.4) is 0 Å². The van der Waals surface area contributed by atoms with E-state index in [4.69, 9.17) is 0 Å². The summed E-state index contributed by atoms with van der Waals surface area (Å²) in [6.07, 6.45) is 0. The summed E-state index contributed by atoms with van der Waals surface area (Å²) in [4.78, 5) is 0. The molecule has 0 aliphatic heterocycles. The summed E-state index contributed by atoms with van der Waals surface area (Å²) in [5, 5.41) is 0. The van der Waals surface area contributed by atoms with Crippen molar-refractivity contribution in [1.29, 1.82) is 0 Å². The zero-order chi connectivity index (χ0) is 0. The van der Waals surface area contributed by atoms with Crippen molar-refractivity contribution >= 4 is 51.4 Å². The molecule has 1 nitrogen and oxygen atoms in total. The van der Waals surface area contributed by atoms with Crippen molar-refractivity contribution in [2.75, 3.05) is 0 Å². The van der Waals surface area contributed by atoms with Crippen LogP contribution in [-0.4, -0.2) is 56.9 Å². The van der Waals surface area contributed by atoms with Crippen molar-refractivity contribution in [2.45, 2.75) is 0 Å². The molecule has 0 aliphatic carbocycles. The van der Waals surface area contributed by atoms with Gasteiger partial charge in [-0.05, 0) is 11.0 Å². The van der Waals surface area contributed by atoms with E-state index in [0.717, 1.165) is 0 Å². The van der Waals surface area contributed by atoms with Crippen molar-refractivity contribution in [3.63, 3.8) is 0 Å². The van der Waals surface area contributed by atoms with Crippen LogP contribution in [0.5, 0.6) is 0 Å². The van der Waals surface area contributed by atoms with Crippen molar-refractivity contribution < 1.29 is 8.33 Å². The van der Waals surface area contributed by atoms with E-state index in [0.29, 0.717) is 0 Å². The summed E-state index contributed by atoms with van der Waals surface area (Å²) in [5.41, 5.74) is 0. The average molecular weight is 104 g/mol. The third-order valence-electron chi connectivity index (χ3n) is 0. The second kappa shape index (κ2) is 24.8. The van der Waals surface area contributed by atoms with Crippen LogP contribution < -0.4 is 0 Å². The molecule has 0 aromatic heterocycles. The van der Waals surface area contributed by atoms with Crippen LogP contribution in [0.4, 0.5) is 0 Å². The Bertz CT molecular complexity index is 13.5. The molecule has 0 amide bonds. The van der Waals surface area contributed by atoms with E-state index in [1.54, 1.807) is 0 Å². The topological polar surface area (TPSA) is 31.5 Å².